The standard InChI is InChI=1S/C12H11N3O3/c1-18-12(17)8-4-7(2-3-11(13)16)5-10-9(8)6-14-15-10/h2-6H,1H3,(H2,13,16)(H,14,15). The number of nitrogens with two attached hydrogens (primary N) is 1. The van der Waals surface area contributed by atoms with Crippen molar-refractivity contribution in [1.29, 1.82) is 0 Å². The average molecular weight is 245 g/mol. The Morgan fingerprint density at radius 3 is 2.89 bits per heavy atom. The summed E-state index contributed by atoms with van der Waals surface area (Å²) in [5.74, 6) is -1.02. The van der Waals surface area contributed by atoms with Crippen molar-refractivity contribution >= 4 is 28.9 Å². The third kappa shape index (κ3) is 2.22. The maximum atomic E-state index is 11.6. The van der Waals surface area contributed by atoms with Crippen LogP contribution in [0.25, 0.3) is 17.0 Å². The fraction of sp³-hybridized carbons (Fsp3) is 0.0833. The molecule has 1 aromatic carbocycles. The smallest absolute Gasteiger partial charge is 0.338 e. The van der Waals surface area contributed by atoms with E-state index < -0.39 is 11.9 Å². The summed E-state index contributed by atoms with van der Waals surface area (Å²) in [6.45, 7) is 0. The highest BCUT2D eigenvalue weighted by Crippen LogP contribution is 2.20. The van der Waals surface area contributed by atoms with E-state index >= 15 is 0 Å². The zero-order chi connectivity index (χ0) is 13.1. The van der Waals surface area contributed by atoms with Gasteiger partial charge < -0.3 is 10.5 Å². The molecular weight excluding hydrogens is 234 g/mol. The molecule has 0 saturated heterocycles. The summed E-state index contributed by atoms with van der Waals surface area (Å²) in [4.78, 5) is 22.3. The second-order valence-corrected chi connectivity index (χ2v) is 3.63. The van der Waals surface area contributed by atoms with Gasteiger partial charge in [0, 0.05) is 11.5 Å². The zero-order valence-corrected chi connectivity index (χ0v) is 9.64. The van der Waals surface area contributed by atoms with E-state index in [1.807, 2.05) is 0 Å². The highest BCUT2D eigenvalue weighted by Gasteiger charge is 2.12. The van der Waals surface area contributed by atoms with Crippen LogP contribution in [0.1, 0.15) is 15.9 Å². The predicted molar refractivity (Wildman–Crippen MR) is 65.7 cm³/mol. The Morgan fingerprint density at radius 2 is 2.22 bits per heavy atom. The first-order chi connectivity index (χ1) is 8.61. The first-order valence-electron chi connectivity index (χ1n) is 5.15. The number of nitrogens with one attached hydrogen (secondary N) is 1. The van der Waals surface area contributed by atoms with Gasteiger partial charge in [0.05, 0.1) is 24.4 Å². The molecule has 0 aliphatic heterocycles. The summed E-state index contributed by atoms with van der Waals surface area (Å²) in [5, 5.41) is 7.29. The molecule has 1 aromatic heterocycles. The van der Waals surface area contributed by atoms with Crippen molar-refractivity contribution < 1.29 is 14.3 Å². The number of benzene rings is 1. The maximum Gasteiger partial charge on any atom is 0.338 e. The van der Waals surface area contributed by atoms with Crippen LogP contribution in [0.2, 0.25) is 0 Å². The van der Waals surface area contributed by atoms with Gasteiger partial charge >= 0.3 is 5.97 Å². The molecular formula is C12H11N3O3. The van der Waals surface area contributed by atoms with Gasteiger partial charge in [-0.05, 0) is 23.8 Å². The van der Waals surface area contributed by atoms with Crippen molar-refractivity contribution in [1.82, 2.24) is 10.2 Å². The molecule has 2 rings (SSSR count). The molecule has 18 heavy (non-hydrogen) atoms. The number of hydrogen-bond donors (Lipinski definition) is 2. The van der Waals surface area contributed by atoms with Crippen LogP contribution in [0.3, 0.4) is 0 Å². The largest absolute Gasteiger partial charge is 0.465 e. The zero-order valence-electron chi connectivity index (χ0n) is 9.64. The minimum absolute atomic E-state index is 0.382. The first-order valence-corrected chi connectivity index (χ1v) is 5.15. The number of methoxy groups -OCH3 is 1. The average Bonchev–Trinajstić information content (AvgIpc) is 2.82. The second-order valence-electron chi connectivity index (χ2n) is 3.63. The quantitative estimate of drug-likeness (QED) is 0.618. The lowest BCUT2D eigenvalue weighted by Crippen LogP contribution is -2.05. The number of aromatic nitrogens is 2. The number of fused-ring (bicyclic) bond motifs is 1. The number of aromatic amines is 1. The van der Waals surface area contributed by atoms with Crippen LogP contribution >= 0.6 is 0 Å². The lowest BCUT2D eigenvalue weighted by Gasteiger charge is -2.02. The van der Waals surface area contributed by atoms with Gasteiger partial charge in [0.1, 0.15) is 0 Å². The number of hydrogen-bond acceptors (Lipinski definition) is 4. The van der Waals surface area contributed by atoms with E-state index in [4.69, 9.17) is 10.5 Å². The fourth-order valence-corrected chi connectivity index (χ4v) is 1.63. The molecule has 6 heteroatoms. The van der Waals surface area contributed by atoms with Crippen LogP contribution in [0.4, 0.5) is 0 Å². The van der Waals surface area contributed by atoms with E-state index in [0.29, 0.717) is 22.0 Å². The van der Waals surface area contributed by atoms with Gasteiger partial charge in [-0.1, -0.05) is 0 Å². The van der Waals surface area contributed by atoms with Crippen LogP contribution in [0, 0.1) is 0 Å². The van der Waals surface area contributed by atoms with Crippen molar-refractivity contribution in [2.24, 2.45) is 5.73 Å². The van der Waals surface area contributed by atoms with Crippen LogP contribution < -0.4 is 5.73 Å². The molecule has 0 aliphatic carbocycles. The Morgan fingerprint density at radius 1 is 1.44 bits per heavy atom. The summed E-state index contributed by atoms with van der Waals surface area (Å²) < 4.78 is 4.70. The topological polar surface area (TPSA) is 98.1 Å². The molecule has 1 amide bonds. The molecule has 6 nitrogen and oxygen atoms in total. The van der Waals surface area contributed by atoms with Crippen LogP contribution in [0.15, 0.2) is 24.4 Å². The van der Waals surface area contributed by atoms with Crippen molar-refractivity contribution in [2.75, 3.05) is 7.11 Å². The second kappa shape index (κ2) is 4.70. The number of carbonyl (C=O) groups is 2. The number of H-pyrrole nitrogens is 1. The summed E-state index contributed by atoms with van der Waals surface area (Å²) in [6.07, 6.45) is 4.29. The van der Waals surface area contributed by atoms with E-state index in [-0.39, 0.29) is 0 Å². The summed E-state index contributed by atoms with van der Waals surface area (Å²) in [7, 11) is 1.31. The number of rotatable bonds is 3. The first kappa shape index (κ1) is 11.8. The van der Waals surface area contributed by atoms with Crippen molar-refractivity contribution in [3.05, 3.63) is 35.5 Å². The van der Waals surface area contributed by atoms with Crippen LogP contribution in [0.5, 0.6) is 0 Å². The van der Waals surface area contributed by atoms with E-state index in [1.54, 1.807) is 18.3 Å². The van der Waals surface area contributed by atoms with Crippen molar-refractivity contribution in [3.63, 3.8) is 0 Å². The SMILES string of the molecule is COC(=O)c1cc(C=CC(N)=O)cc2[nH]ncc12. The number of nitrogens with zero attached hydrogens (tertiary/aromatic N) is 1. The Bertz CT molecular complexity index is 643. The third-order valence-electron chi connectivity index (χ3n) is 2.43. The summed E-state index contributed by atoms with van der Waals surface area (Å²) in [5.41, 5.74) is 6.74. The van der Waals surface area contributed by atoms with Gasteiger partial charge in [-0.25, -0.2) is 4.79 Å². The number of esters is 1. The number of primary amides is 1. The molecule has 0 unspecified atom stereocenters. The van der Waals surface area contributed by atoms with Gasteiger partial charge in [-0.3, -0.25) is 9.89 Å². The Kier molecular flexibility index (Phi) is 3.09. The highest BCUT2D eigenvalue weighted by molar-refractivity contribution is 6.04. The molecule has 0 saturated carbocycles. The van der Waals surface area contributed by atoms with Gasteiger partial charge in [0.2, 0.25) is 5.91 Å². The minimum Gasteiger partial charge on any atom is -0.465 e. The molecule has 3 N–H and O–H groups in total. The van der Waals surface area contributed by atoms with E-state index in [2.05, 4.69) is 10.2 Å². The van der Waals surface area contributed by atoms with Gasteiger partial charge in [-0.15, -0.1) is 0 Å². The van der Waals surface area contributed by atoms with E-state index in [9.17, 15) is 9.59 Å². The van der Waals surface area contributed by atoms with Crippen LogP contribution in [-0.2, 0) is 9.53 Å². The molecule has 0 radical (unpaired) electrons. The van der Waals surface area contributed by atoms with E-state index in [1.165, 1.54) is 19.3 Å². The van der Waals surface area contributed by atoms with Crippen molar-refractivity contribution in [3.8, 4) is 0 Å². The molecule has 0 atom stereocenters. The molecule has 0 spiro atoms. The minimum atomic E-state index is -0.556. The number of carbonyl (C=O) groups excluding carboxylic acids is 2. The summed E-state index contributed by atoms with van der Waals surface area (Å²) >= 11 is 0. The monoisotopic (exact) mass is 245 g/mol. The molecule has 2 aromatic rings. The Labute approximate surface area is 102 Å². The highest BCUT2D eigenvalue weighted by atomic mass is 16.5. The molecule has 1 heterocycles. The lowest BCUT2D eigenvalue weighted by molar-refractivity contribution is -0.113. The number of ether oxygens (including phenoxy) is 1. The van der Waals surface area contributed by atoms with Gasteiger partial charge in [0.25, 0.3) is 0 Å². The maximum absolute atomic E-state index is 11.6. The van der Waals surface area contributed by atoms with Gasteiger partial charge in [0.15, 0.2) is 0 Å². The predicted octanol–water partition coefficient (Wildman–Crippen LogP) is 0.848. The molecule has 0 bridgehead atoms. The van der Waals surface area contributed by atoms with Gasteiger partial charge in [-0.2, -0.15) is 5.10 Å². The Balaban J connectivity index is 2.57. The van der Waals surface area contributed by atoms with Crippen LogP contribution in [-0.4, -0.2) is 29.2 Å². The Hall–Kier alpha value is -2.63. The van der Waals surface area contributed by atoms with E-state index in [0.717, 1.165) is 0 Å². The summed E-state index contributed by atoms with van der Waals surface area (Å²) in [6, 6.07) is 3.37. The number of amides is 1. The third-order valence-corrected chi connectivity index (χ3v) is 2.43. The van der Waals surface area contributed by atoms with Crippen molar-refractivity contribution in [2.45, 2.75) is 0 Å². The molecule has 0 fully saturated rings. The fourth-order valence-electron chi connectivity index (χ4n) is 1.63. The normalized spacial score (nSPS) is 10.9. The molecule has 92 valence electrons. The lowest BCUT2D eigenvalue weighted by atomic mass is 10.1. The molecule has 0 aliphatic rings.